The molecule has 0 bridgehead atoms. The Labute approximate surface area is 166 Å². The van der Waals surface area contributed by atoms with E-state index in [1.807, 2.05) is 0 Å². The highest BCUT2D eigenvalue weighted by atomic mass is 32.2. The van der Waals surface area contributed by atoms with Gasteiger partial charge in [-0.25, -0.2) is 0 Å². The van der Waals surface area contributed by atoms with Gasteiger partial charge in [0.15, 0.2) is 0 Å². The minimum atomic E-state index is 0.565. The van der Waals surface area contributed by atoms with Crippen molar-refractivity contribution in [3.8, 4) is 0 Å². The van der Waals surface area contributed by atoms with E-state index in [0.29, 0.717) is 28.9 Å². The number of benzene rings is 3. The number of hydrogen-bond donors (Lipinski definition) is 1. The second kappa shape index (κ2) is 6.76. The van der Waals surface area contributed by atoms with Gasteiger partial charge in [-0.3, -0.25) is 0 Å². The molecule has 0 spiro atoms. The first-order valence-corrected chi connectivity index (χ1v) is 10.8. The van der Waals surface area contributed by atoms with Gasteiger partial charge in [0.25, 0.3) is 0 Å². The Morgan fingerprint density at radius 3 is 2.04 bits per heavy atom. The Morgan fingerprint density at radius 2 is 1.26 bits per heavy atom. The van der Waals surface area contributed by atoms with Gasteiger partial charge < -0.3 is 5.32 Å². The van der Waals surface area contributed by atoms with Crippen LogP contribution in [0.4, 0.5) is 11.4 Å². The fourth-order valence-electron chi connectivity index (χ4n) is 5.13. The molecular weight excluding hydrogens is 346 g/mol. The van der Waals surface area contributed by atoms with E-state index in [-0.39, 0.29) is 0 Å². The van der Waals surface area contributed by atoms with Gasteiger partial charge in [0.1, 0.15) is 0 Å². The van der Waals surface area contributed by atoms with Crippen LogP contribution < -0.4 is 5.32 Å². The van der Waals surface area contributed by atoms with Crippen LogP contribution in [0.25, 0.3) is 0 Å². The Balaban J connectivity index is 1.54. The van der Waals surface area contributed by atoms with E-state index in [0.717, 1.165) is 5.69 Å². The van der Waals surface area contributed by atoms with Crippen LogP contribution >= 0.6 is 11.8 Å². The van der Waals surface area contributed by atoms with E-state index in [1.165, 1.54) is 16.1 Å². The lowest BCUT2D eigenvalue weighted by Gasteiger charge is -2.25. The normalized spacial score (nSPS) is 28.6. The minimum Gasteiger partial charge on any atom is -0.355 e. The molecule has 2 heteroatoms. The number of fused-ring (bicyclic) bond motifs is 3. The molecule has 27 heavy (non-hydrogen) atoms. The van der Waals surface area contributed by atoms with Crippen LogP contribution in [0.5, 0.6) is 0 Å². The van der Waals surface area contributed by atoms with Gasteiger partial charge in [-0.1, -0.05) is 68.4 Å². The average Bonchev–Trinajstić information content (AvgIpc) is 3.19. The first-order chi connectivity index (χ1) is 13.2. The molecule has 1 N–H and O–H groups in total. The minimum absolute atomic E-state index is 0.565. The van der Waals surface area contributed by atoms with Crippen LogP contribution in [0.1, 0.15) is 36.8 Å². The number of anilines is 2. The maximum absolute atomic E-state index is 3.68. The van der Waals surface area contributed by atoms with Gasteiger partial charge >= 0.3 is 0 Å². The number of hydrogen-bond acceptors (Lipinski definition) is 2. The summed E-state index contributed by atoms with van der Waals surface area (Å²) in [5.74, 6) is 2.59. The largest absolute Gasteiger partial charge is 0.355 e. The summed E-state index contributed by atoms with van der Waals surface area (Å²) in [5.41, 5.74) is 5.45. The highest BCUT2D eigenvalue weighted by molar-refractivity contribution is 8.00. The van der Waals surface area contributed by atoms with Crippen molar-refractivity contribution in [1.82, 2.24) is 0 Å². The summed E-state index contributed by atoms with van der Waals surface area (Å²) >= 11 is 2.10. The van der Waals surface area contributed by atoms with Crippen LogP contribution in [0, 0.1) is 11.8 Å². The van der Waals surface area contributed by atoms with Gasteiger partial charge in [0.05, 0.1) is 0 Å². The number of rotatable bonds is 3. The molecule has 0 radical (unpaired) electrons. The Kier molecular flexibility index (Phi) is 4.24. The highest BCUT2D eigenvalue weighted by Gasteiger charge is 2.52. The molecule has 3 aromatic rings. The van der Waals surface area contributed by atoms with Crippen molar-refractivity contribution in [2.24, 2.45) is 11.8 Å². The van der Waals surface area contributed by atoms with Crippen LogP contribution in [0.15, 0.2) is 83.8 Å². The van der Waals surface area contributed by atoms with Crippen molar-refractivity contribution in [1.29, 1.82) is 0 Å². The molecule has 2 aliphatic rings. The molecular formula is C25H25NS. The van der Waals surface area contributed by atoms with E-state index in [1.54, 1.807) is 5.56 Å². The van der Waals surface area contributed by atoms with Crippen LogP contribution in [0.3, 0.4) is 0 Å². The summed E-state index contributed by atoms with van der Waals surface area (Å²) in [7, 11) is 0. The summed E-state index contributed by atoms with van der Waals surface area (Å²) in [6.45, 7) is 4.91. The molecule has 1 aliphatic heterocycles. The van der Waals surface area contributed by atoms with Gasteiger partial charge in [-0.15, -0.1) is 11.8 Å². The molecule has 1 nitrogen and oxygen atoms in total. The summed E-state index contributed by atoms with van der Waals surface area (Å²) in [4.78, 5) is 1.49. The number of nitrogens with one attached hydrogen (secondary N) is 1. The molecule has 0 amide bonds. The smallest absolute Gasteiger partial charge is 0.0420 e. The second-order valence-electron chi connectivity index (χ2n) is 7.97. The number of para-hydroxylation sites is 2. The topological polar surface area (TPSA) is 12.0 Å². The predicted octanol–water partition coefficient (Wildman–Crippen LogP) is 7.06. The summed E-state index contributed by atoms with van der Waals surface area (Å²) in [5, 5.41) is 4.31. The molecule has 0 aromatic heterocycles. The van der Waals surface area contributed by atoms with Crippen molar-refractivity contribution < 1.29 is 0 Å². The lowest BCUT2D eigenvalue weighted by Crippen LogP contribution is -2.15. The third-order valence-corrected chi connectivity index (χ3v) is 8.07. The summed E-state index contributed by atoms with van der Waals surface area (Å²) in [6, 6.07) is 28.5. The van der Waals surface area contributed by atoms with Crippen LogP contribution in [-0.4, -0.2) is 5.25 Å². The van der Waals surface area contributed by atoms with Gasteiger partial charge in [0, 0.05) is 33.4 Å². The molecule has 1 saturated carbocycles. The molecule has 5 rings (SSSR count). The molecule has 1 aliphatic carbocycles. The average molecular weight is 372 g/mol. The molecule has 5 atom stereocenters. The zero-order valence-electron chi connectivity index (χ0n) is 15.8. The standard InChI is InChI=1S/C25H25NS/c1-16-17(2)24-20-13-7-9-15-22(20)27-25(24)23(16)19-12-6-8-14-21(19)26-18-10-4-3-5-11-18/h3-17,23-26H,1-2H3. The third-order valence-electron chi connectivity index (χ3n) is 6.58. The van der Waals surface area contributed by atoms with Crippen molar-refractivity contribution in [3.63, 3.8) is 0 Å². The van der Waals surface area contributed by atoms with Crippen molar-refractivity contribution >= 4 is 23.1 Å². The fraction of sp³-hybridized carbons (Fsp3) is 0.280. The Bertz CT molecular complexity index is 951. The second-order valence-corrected chi connectivity index (χ2v) is 9.19. The van der Waals surface area contributed by atoms with E-state index in [4.69, 9.17) is 0 Å². The lowest BCUT2D eigenvalue weighted by atomic mass is 9.85. The van der Waals surface area contributed by atoms with Crippen molar-refractivity contribution in [2.75, 3.05) is 5.32 Å². The predicted molar refractivity (Wildman–Crippen MR) is 116 cm³/mol. The SMILES string of the molecule is CC1C(C)C2c3ccccc3SC2C1c1ccccc1Nc1ccccc1. The maximum atomic E-state index is 3.68. The van der Waals surface area contributed by atoms with E-state index < -0.39 is 0 Å². The first kappa shape index (κ1) is 16.9. The third kappa shape index (κ3) is 2.78. The van der Waals surface area contributed by atoms with Crippen LogP contribution in [-0.2, 0) is 0 Å². The molecule has 136 valence electrons. The van der Waals surface area contributed by atoms with Crippen molar-refractivity contribution in [2.45, 2.75) is 35.8 Å². The monoisotopic (exact) mass is 371 g/mol. The zero-order valence-corrected chi connectivity index (χ0v) is 16.6. The fourth-order valence-corrected chi connectivity index (χ4v) is 7.00. The lowest BCUT2D eigenvalue weighted by molar-refractivity contribution is 0.401. The van der Waals surface area contributed by atoms with E-state index >= 15 is 0 Å². The molecule has 3 aromatic carbocycles. The molecule has 0 saturated heterocycles. The van der Waals surface area contributed by atoms with Gasteiger partial charge in [-0.2, -0.15) is 0 Å². The van der Waals surface area contributed by atoms with Crippen molar-refractivity contribution in [3.05, 3.63) is 90.0 Å². The highest BCUT2D eigenvalue weighted by Crippen LogP contribution is 2.63. The Hall–Kier alpha value is -2.19. The quantitative estimate of drug-likeness (QED) is 0.529. The van der Waals surface area contributed by atoms with E-state index in [2.05, 4.69) is 110 Å². The van der Waals surface area contributed by atoms with Gasteiger partial charge in [0.2, 0.25) is 0 Å². The maximum Gasteiger partial charge on any atom is 0.0420 e. The molecule has 1 fully saturated rings. The summed E-state index contributed by atoms with van der Waals surface area (Å²) in [6.07, 6.45) is 0. The van der Waals surface area contributed by atoms with E-state index in [9.17, 15) is 0 Å². The first-order valence-electron chi connectivity index (χ1n) is 9.90. The Morgan fingerprint density at radius 1 is 0.667 bits per heavy atom. The summed E-state index contributed by atoms with van der Waals surface area (Å²) < 4.78 is 0. The molecule has 5 unspecified atom stereocenters. The number of thioether (sulfide) groups is 1. The van der Waals surface area contributed by atoms with Gasteiger partial charge in [-0.05, 0) is 47.2 Å². The zero-order chi connectivity index (χ0) is 18.4. The van der Waals surface area contributed by atoms with Crippen LogP contribution in [0.2, 0.25) is 0 Å². The molecule has 1 heterocycles.